The first-order valence-electron chi connectivity index (χ1n) is 6.70. The van der Waals surface area contributed by atoms with Gasteiger partial charge in [-0.25, -0.2) is 0 Å². The third kappa shape index (κ3) is 4.17. The van der Waals surface area contributed by atoms with Crippen molar-refractivity contribution in [1.82, 2.24) is 15.5 Å². The van der Waals surface area contributed by atoms with E-state index in [2.05, 4.69) is 47.5 Å². The fraction of sp³-hybridized carbons (Fsp3) is 0.467. The van der Waals surface area contributed by atoms with Crippen LogP contribution in [-0.4, -0.2) is 23.7 Å². The highest BCUT2D eigenvalue weighted by molar-refractivity contribution is 5.30. The van der Waals surface area contributed by atoms with Gasteiger partial charge >= 0.3 is 0 Å². The topological polar surface area (TPSA) is 51.0 Å². The molecule has 0 amide bonds. The van der Waals surface area contributed by atoms with Gasteiger partial charge in [-0.3, -0.25) is 0 Å². The first-order valence-corrected chi connectivity index (χ1v) is 6.70. The largest absolute Gasteiger partial charge is 0.339 e. The lowest BCUT2D eigenvalue weighted by atomic mass is 10.1. The molecule has 2 rings (SSSR count). The van der Waals surface area contributed by atoms with Gasteiger partial charge in [-0.05, 0) is 39.4 Å². The van der Waals surface area contributed by atoms with Crippen LogP contribution in [0.3, 0.4) is 0 Å². The maximum Gasteiger partial charge on any atom is 0.226 e. The Labute approximate surface area is 114 Å². The van der Waals surface area contributed by atoms with Crippen LogP contribution in [0.1, 0.15) is 34.8 Å². The molecular weight excluding hydrogens is 238 g/mol. The Kier molecular flexibility index (Phi) is 4.68. The van der Waals surface area contributed by atoms with Gasteiger partial charge in [-0.2, -0.15) is 4.98 Å². The van der Waals surface area contributed by atoms with Crippen molar-refractivity contribution in [3.8, 4) is 0 Å². The molecule has 0 aliphatic carbocycles. The molecule has 0 atom stereocenters. The first kappa shape index (κ1) is 13.7. The van der Waals surface area contributed by atoms with Gasteiger partial charge in [0.1, 0.15) is 0 Å². The lowest BCUT2D eigenvalue weighted by molar-refractivity contribution is 0.370. The van der Waals surface area contributed by atoms with Crippen molar-refractivity contribution in [2.75, 3.05) is 13.6 Å². The standard InChI is InChI=1S/C15H21N3O/c1-11-7-12(2)9-13(8-11)10-14-17-15(19-18-14)5-4-6-16-3/h7-9,16H,4-6,10H2,1-3H3. The summed E-state index contributed by atoms with van der Waals surface area (Å²) in [4.78, 5) is 4.43. The zero-order valence-electron chi connectivity index (χ0n) is 11.9. The number of benzene rings is 1. The number of hydrogen-bond donors (Lipinski definition) is 1. The van der Waals surface area contributed by atoms with E-state index in [-0.39, 0.29) is 0 Å². The average Bonchev–Trinajstić information content (AvgIpc) is 2.76. The highest BCUT2D eigenvalue weighted by Crippen LogP contribution is 2.12. The van der Waals surface area contributed by atoms with Gasteiger partial charge in [-0.15, -0.1) is 0 Å². The van der Waals surface area contributed by atoms with Crippen molar-refractivity contribution >= 4 is 0 Å². The molecule has 102 valence electrons. The van der Waals surface area contributed by atoms with Crippen molar-refractivity contribution < 1.29 is 4.52 Å². The summed E-state index contributed by atoms with van der Waals surface area (Å²) in [6.45, 7) is 5.18. The summed E-state index contributed by atoms with van der Waals surface area (Å²) in [5, 5.41) is 7.15. The average molecular weight is 259 g/mol. The fourth-order valence-electron chi connectivity index (χ4n) is 2.23. The fourth-order valence-corrected chi connectivity index (χ4v) is 2.23. The van der Waals surface area contributed by atoms with Crippen molar-refractivity contribution in [3.05, 3.63) is 46.6 Å². The van der Waals surface area contributed by atoms with E-state index in [0.717, 1.165) is 37.5 Å². The second-order valence-electron chi connectivity index (χ2n) is 4.98. The highest BCUT2D eigenvalue weighted by Gasteiger charge is 2.07. The van der Waals surface area contributed by atoms with Crippen LogP contribution in [0.4, 0.5) is 0 Å². The predicted octanol–water partition coefficient (Wildman–Crippen LogP) is 2.43. The van der Waals surface area contributed by atoms with Crippen LogP contribution < -0.4 is 5.32 Å². The van der Waals surface area contributed by atoms with Crippen LogP contribution in [-0.2, 0) is 12.8 Å². The Morgan fingerprint density at radius 2 is 1.89 bits per heavy atom. The summed E-state index contributed by atoms with van der Waals surface area (Å²) in [6, 6.07) is 6.51. The minimum absolute atomic E-state index is 0.731. The first-order chi connectivity index (χ1) is 9.17. The van der Waals surface area contributed by atoms with Gasteiger partial charge in [0.25, 0.3) is 0 Å². The molecule has 1 aromatic heterocycles. The highest BCUT2D eigenvalue weighted by atomic mass is 16.5. The van der Waals surface area contributed by atoms with Crippen molar-refractivity contribution in [2.45, 2.75) is 33.1 Å². The molecular formula is C15H21N3O. The summed E-state index contributed by atoms with van der Waals surface area (Å²) < 4.78 is 5.26. The van der Waals surface area contributed by atoms with Crippen molar-refractivity contribution in [2.24, 2.45) is 0 Å². The van der Waals surface area contributed by atoms with Crippen LogP contribution in [0.2, 0.25) is 0 Å². The molecule has 0 saturated heterocycles. The summed E-state index contributed by atoms with van der Waals surface area (Å²) in [5.74, 6) is 1.50. The molecule has 0 fully saturated rings. The summed E-state index contributed by atoms with van der Waals surface area (Å²) >= 11 is 0. The van der Waals surface area contributed by atoms with Crippen LogP contribution >= 0.6 is 0 Å². The summed E-state index contributed by atoms with van der Waals surface area (Å²) in [5.41, 5.74) is 3.78. The Bertz CT molecular complexity index is 514. The minimum Gasteiger partial charge on any atom is -0.339 e. The van der Waals surface area contributed by atoms with Gasteiger partial charge in [0.2, 0.25) is 5.89 Å². The maximum absolute atomic E-state index is 5.26. The molecule has 1 aromatic carbocycles. The van der Waals surface area contributed by atoms with E-state index in [1.165, 1.54) is 16.7 Å². The van der Waals surface area contributed by atoms with Crippen LogP contribution in [0.25, 0.3) is 0 Å². The lowest BCUT2D eigenvalue weighted by Gasteiger charge is -2.01. The van der Waals surface area contributed by atoms with Gasteiger partial charge in [-0.1, -0.05) is 34.5 Å². The van der Waals surface area contributed by atoms with Crippen LogP contribution in [0.5, 0.6) is 0 Å². The van der Waals surface area contributed by atoms with E-state index in [0.29, 0.717) is 0 Å². The normalized spacial score (nSPS) is 10.9. The third-order valence-corrected chi connectivity index (χ3v) is 2.97. The van der Waals surface area contributed by atoms with Crippen LogP contribution in [0, 0.1) is 13.8 Å². The van der Waals surface area contributed by atoms with E-state index in [1.807, 2.05) is 7.05 Å². The Balaban J connectivity index is 1.99. The summed E-state index contributed by atoms with van der Waals surface area (Å²) in [7, 11) is 1.94. The Morgan fingerprint density at radius 1 is 1.16 bits per heavy atom. The summed E-state index contributed by atoms with van der Waals surface area (Å²) in [6.07, 6.45) is 2.58. The molecule has 4 nitrogen and oxygen atoms in total. The molecule has 19 heavy (non-hydrogen) atoms. The monoisotopic (exact) mass is 259 g/mol. The maximum atomic E-state index is 5.26. The third-order valence-electron chi connectivity index (χ3n) is 2.97. The minimum atomic E-state index is 0.731. The number of nitrogens with one attached hydrogen (secondary N) is 1. The van der Waals surface area contributed by atoms with E-state index in [1.54, 1.807) is 0 Å². The lowest BCUT2D eigenvalue weighted by Crippen LogP contribution is -2.08. The zero-order valence-corrected chi connectivity index (χ0v) is 11.9. The molecule has 0 bridgehead atoms. The van der Waals surface area contributed by atoms with Gasteiger partial charge in [0, 0.05) is 12.8 Å². The second kappa shape index (κ2) is 6.48. The number of rotatable bonds is 6. The molecule has 0 aliphatic rings. The molecule has 1 N–H and O–H groups in total. The molecule has 1 heterocycles. The molecule has 0 radical (unpaired) electrons. The number of hydrogen-bond acceptors (Lipinski definition) is 4. The molecule has 4 heteroatoms. The van der Waals surface area contributed by atoms with E-state index < -0.39 is 0 Å². The van der Waals surface area contributed by atoms with E-state index >= 15 is 0 Å². The van der Waals surface area contributed by atoms with E-state index in [9.17, 15) is 0 Å². The molecule has 0 spiro atoms. The predicted molar refractivity (Wildman–Crippen MR) is 75.3 cm³/mol. The van der Waals surface area contributed by atoms with Gasteiger partial charge in [0.15, 0.2) is 5.82 Å². The Hall–Kier alpha value is -1.68. The van der Waals surface area contributed by atoms with Gasteiger partial charge in [0.05, 0.1) is 0 Å². The van der Waals surface area contributed by atoms with Crippen molar-refractivity contribution in [1.29, 1.82) is 0 Å². The number of aromatic nitrogens is 2. The van der Waals surface area contributed by atoms with E-state index in [4.69, 9.17) is 4.52 Å². The van der Waals surface area contributed by atoms with Crippen molar-refractivity contribution in [3.63, 3.8) is 0 Å². The quantitative estimate of drug-likeness (QED) is 0.809. The number of nitrogens with zero attached hydrogens (tertiary/aromatic N) is 2. The Morgan fingerprint density at radius 3 is 2.58 bits per heavy atom. The second-order valence-corrected chi connectivity index (χ2v) is 4.98. The SMILES string of the molecule is CNCCCc1nc(Cc2cc(C)cc(C)c2)no1. The molecule has 0 unspecified atom stereocenters. The zero-order chi connectivity index (χ0) is 13.7. The molecule has 0 aliphatic heterocycles. The van der Waals surface area contributed by atoms with Gasteiger partial charge < -0.3 is 9.84 Å². The smallest absolute Gasteiger partial charge is 0.226 e. The molecule has 2 aromatic rings. The van der Waals surface area contributed by atoms with Crippen LogP contribution in [0.15, 0.2) is 22.7 Å². The number of aryl methyl sites for hydroxylation is 3. The molecule has 0 saturated carbocycles.